The summed E-state index contributed by atoms with van der Waals surface area (Å²) in [4.78, 5) is 33.8. The van der Waals surface area contributed by atoms with Gasteiger partial charge in [-0.05, 0) is 18.8 Å². The van der Waals surface area contributed by atoms with Crippen molar-refractivity contribution in [3.8, 4) is 0 Å². The van der Waals surface area contributed by atoms with E-state index in [1.807, 2.05) is 20.8 Å². The van der Waals surface area contributed by atoms with Crippen LogP contribution in [0.2, 0.25) is 0 Å². The molecule has 2 amide bonds. The van der Waals surface area contributed by atoms with Gasteiger partial charge in [0.25, 0.3) is 0 Å². The minimum atomic E-state index is -1.04. The van der Waals surface area contributed by atoms with Crippen molar-refractivity contribution in [2.75, 3.05) is 6.54 Å². The highest BCUT2D eigenvalue weighted by Gasteiger charge is 2.21. The van der Waals surface area contributed by atoms with Crippen molar-refractivity contribution in [3.63, 3.8) is 0 Å². The second-order valence-electron chi connectivity index (χ2n) is 4.94. The van der Waals surface area contributed by atoms with Crippen LogP contribution in [0, 0.1) is 5.92 Å². The molecule has 0 heterocycles. The van der Waals surface area contributed by atoms with Crippen LogP contribution in [-0.4, -0.2) is 35.5 Å². The molecule has 0 aromatic carbocycles. The van der Waals surface area contributed by atoms with Crippen LogP contribution < -0.4 is 10.6 Å². The third kappa shape index (κ3) is 9.04. The van der Waals surface area contributed by atoms with Crippen molar-refractivity contribution in [3.05, 3.63) is 0 Å². The van der Waals surface area contributed by atoms with Crippen molar-refractivity contribution >= 4 is 17.8 Å². The zero-order valence-electron chi connectivity index (χ0n) is 11.9. The van der Waals surface area contributed by atoms with Gasteiger partial charge in [0.15, 0.2) is 0 Å². The van der Waals surface area contributed by atoms with Gasteiger partial charge in [0.2, 0.25) is 11.8 Å². The summed E-state index contributed by atoms with van der Waals surface area (Å²) in [5, 5.41) is 14.1. The first-order valence-corrected chi connectivity index (χ1v) is 6.65. The summed E-state index contributed by atoms with van der Waals surface area (Å²) in [6.45, 7) is 6.31. The maximum atomic E-state index is 11.6. The molecule has 0 saturated carbocycles. The highest BCUT2D eigenvalue weighted by atomic mass is 16.4. The summed E-state index contributed by atoms with van der Waals surface area (Å²) in [6, 6.07) is -0.883. The number of carbonyl (C=O) groups is 3. The molecule has 0 unspecified atom stereocenters. The van der Waals surface area contributed by atoms with Gasteiger partial charge in [-0.1, -0.05) is 20.8 Å². The monoisotopic (exact) mass is 272 g/mol. The Morgan fingerprint density at radius 1 is 1.11 bits per heavy atom. The second-order valence-corrected chi connectivity index (χ2v) is 4.94. The summed E-state index contributed by atoms with van der Waals surface area (Å²) in [7, 11) is 0. The Labute approximate surface area is 113 Å². The van der Waals surface area contributed by atoms with Gasteiger partial charge in [0, 0.05) is 19.4 Å². The summed E-state index contributed by atoms with van der Waals surface area (Å²) in [5.41, 5.74) is 0. The lowest BCUT2D eigenvalue weighted by atomic mass is 10.0. The molecule has 0 aromatic rings. The summed E-state index contributed by atoms with van der Waals surface area (Å²) >= 11 is 0. The van der Waals surface area contributed by atoms with E-state index in [0.29, 0.717) is 13.0 Å². The van der Waals surface area contributed by atoms with Crippen LogP contribution in [0.25, 0.3) is 0 Å². The maximum absolute atomic E-state index is 11.6. The quantitative estimate of drug-likeness (QED) is 0.581. The zero-order chi connectivity index (χ0) is 14.8. The summed E-state index contributed by atoms with van der Waals surface area (Å²) in [5.74, 6) is -1.46. The van der Waals surface area contributed by atoms with E-state index in [0.717, 1.165) is 6.42 Å². The normalized spacial score (nSPS) is 12.0. The Kier molecular flexibility index (Phi) is 8.57. The minimum absolute atomic E-state index is 0.0113. The standard InChI is InChI=1S/C13H24N2O4/c1-4-7-14-11(16)5-6-12(17)15-10(13(18)19)8-9(2)3/h9-10H,4-8H2,1-3H3,(H,14,16)(H,15,17)(H,18,19)/t10-/m1/s1. The Bertz CT molecular complexity index is 316. The van der Waals surface area contributed by atoms with Crippen molar-refractivity contribution in [2.24, 2.45) is 5.92 Å². The first-order chi connectivity index (χ1) is 8.86. The van der Waals surface area contributed by atoms with Gasteiger partial charge in [-0.25, -0.2) is 4.79 Å². The van der Waals surface area contributed by atoms with Gasteiger partial charge in [-0.3, -0.25) is 9.59 Å². The van der Waals surface area contributed by atoms with Crippen molar-refractivity contribution in [1.82, 2.24) is 10.6 Å². The second kappa shape index (κ2) is 9.35. The van der Waals surface area contributed by atoms with E-state index in [1.165, 1.54) is 0 Å². The van der Waals surface area contributed by atoms with Crippen molar-refractivity contribution in [1.29, 1.82) is 0 Å². The van der Waals surface area contributed by atoms with Gasteiger partial charge < -0.3 is 15.7 Å². The van der Waals surface area contributed by atoms with Crippen LogP contribution in [0.15, 0.2) is 0 Å². The fourth-order valence-electron chi connectivity index (χ4n) is 1.54. The number of hydrogen-bond acceptors (Lipinski definition) is 3. The highest BCUT2D eigenvalue weighted by molar-refractivity contribution is 5.86. The molecule has 1 atom stereocenters. The molecule has 0 aliphatic carbocycles. The maximum Gasteiger partial charge on any atom is 0.326 e. The molecule has 0 aliphatic heterocycles. The lowest BCUT2D eigenvalue weighted by Crippen LogP contribution is -2.42. The lowest BCUT2D eigenvalue weighted by Gasteiger charge is -2.16. The van der Waals surface area contributed by atoms with Crippen LogP contribution in [0.1, 0.15) is 46.5 Å². The van der Waals surface area contributed by atoms with Crippen molar-refractivity contribution in [2.45, 2.75) is 52.5 Å². The average molecular weight is 272 g/mol. The number of amides is 2. The molecule has 0 aromatic heterocycles. The van der Waals surface area contributed by atoms with Gasteiger partial charge in [0.05, 0.1) is 0 Å². The Morgan fingerprint density at radius 3 is 2.16 bits per heavy atom. The number of carbonyl (C=O) groups excluding carboxylic acids is 2. The molecule has 0 fully saturated rings. The fourth-order valence-corrected chi connectivity index (χ4v) is 1.54. The molecule has 19 heavy (non-hydrogen) atoms. The predicted octanol–water partition coefficient (Wildman–Crippen LogP) is 0.908. The van der Waals surface area contributed by atoms with Gasteiger partial charge in [-0.15, -0.1) is 0 Å². The van der Waals surface area contributed by atoms with Crippen LogP contribution >= 0.6 is 0 Å². The minimum Gasteiger partial charge on any atom is -0.480 e. The van der Waals surface area contributed by atoms with Crippen LogP contribution in [0.3, 0.4) is 0 Å². The lowest BCUT2D eigenvalue weighted by molar-refractivity contribution is -0.142. The molecule has 0 aliphatic rings. The molecular formula is C13H24N2O4. The van der Waals surface area contributed by atoms with E-state index in [2.05, 4.69) is 10.6 Å². The van der Waals surface area contributed by atoms with E-state index in [1.54, 1.807) is 0 Å². The largest absolute Gasteiger partial charge is 0.480 e. The number of hydrogen-bond donors (Lipinski definition) is 3. The molecule has 0 spiro atoms. The number of carboxylic acids is 1. The fraction of sp³-hybridized carbons (Fsp3) is 0.769. The SMILES string of the molecule is CCCNC(=O)CCC(=O)N[C@H](CC(C)C)C(=O)O. The van der Waals surface area contributed by atoms with Crippen LogP contribution in [0.5, 0.6) is 0 Å². The van der Waals surface area contributed by atoms with E-state index < -0.39 is 17.9 Å². The molecule has 6 heteroatoms. The molecular weight excluding hydrogens is 248 g/mol. The molecule has 6 nitrogen and oxygen atoms in total. The van der Waals surface area contributed by atoms with E-state index in [9.17, 15) is 14.4 Å². The van der Waals surface area contributed by atoms with Gasteiger partial charge >= 0.3 is 5.97 Å². The average Bonchev–Trinajstić information content (AvgIpc) is 2.32. The highest BCUT2D eigenvalue weighted by Crippen LogP contribution is 2.05. The Morgan fingerprint density at radius 2 is 1.68 bits per heavy atom. The molecule has 0 rings (SSSR count). The van der Waals surface area contributed by atoms with Gasteiger partial charge in [0.1, 0.15) is 6.04 Å². The Hall–Kier alpha value is -1.59. The molecule has 110 valence electrons. The number of rotatable bonds is 9. The van der Waals surface area contributed by atoms with Gasteiger partial charge in [-0.2, -0.15) is 0 Å². The Balaban J connectivity index is 4.06. The molecule has 0 saturated heterocycles. The number of aliphatic carboxylic acids is 1. The smallest absolute Gasteiger partial charge is 0.326 e. The summed E-state index contributed by atoms with van der Waals surface area (Å²) < 4.78 is 0. The summed E-state index contributed by atoms with van der Waals surface area (Å²) in [6.07, 6.45) is 1.31. The van der Waals surface area contributed by atoms with E-state index >= 15 is 0 Å². The number of nitrogens with one attached hydrogen (secondary N) is 2. The van der Waals surface area contributed by atoms with Crippen LogP contribution in [-0.2, 0) is 14.4 Å². The topological polar surface area (TPSA) is 95.5 Å². The third-order valence-electron chi connectivity index (χ3n) is 2.49. The zero-order valence-corrected chi connectivity index (χ0v) is 11.9. The third-order valence-corrected chi connectivity index (χ3v) is 2.49. The first kappa shape index (κ1) is 17.4. The predicted molar refractivity (Wildman–Crippen MR) is 71.6 cm³/mol. The van der Waals surface area contributed by atoms with Crippen LogP contribution in [0.4, 0.5) is 0 Å². The number of carboxylic acid groups (broad SMARTS) is 1. The molecule has 0 bridgehead atoms. The van der Waals surface area contributed by atoms with E-state index in [-0.39, 0.29) is 24.7 Å². The molecule has 0 radical (unpaired) electrons. The van der Waals surface area contributed by atoms with E-state index in [4.69, 9.17) is 5.11 Å². The van der Waals surface area contributed by atoms with Crippen molar-refractivity contribution < 1.29 is 19.5 Å². The molecule has 3 N–H and O–H groups in total. The first-order valence-electron chi connectivity index (χ1n) is 6.65.